The maximum absolute atomic E-state index is 9.04. The van der Waals surface area contributed by atoms with Gasteiger partial charge in [0.05, 0.1) is 0 Å². The Morgan fingerprint density at radius 1 is 0.947 bits per heavy atom. The van der Waals surface area contributed by atoms with Gasteiger partial charge in [0.15, 0.2) is 0 Å². The zero-order valence-corrected chi connectivity index (χ0v) is 11.8. The number of hydrogen-bond acceptors (Lipinski definition) is 3. The topological polar surface area (TPSA) is 46.0 Å². The number of aromatic nitrogens is 2. The Kier molecular flexibility index (Phi) is 4.27. The van der Waals surface area contributed by atoms with Gasteiger partial charge in [0, 0.05) is 24.4 Å². The van der Waals surface area contributed by atoms with Gasteiger partial charge in [-0.3, -0.25) is 0 Å². The van der Waals surface area contributed by atoms with Crippen molar-refractivity contribution in [3.63, 3.8) is 0 Å². The Morgan fingerprint density at radius 3 is 2.05 bits per heavy atom. The lowest BCUT2D eigenvalue weighted by molar-refractivity contribution is 0.298. The van der Waals surface area contributed by atoms with Crippen LogP contribution in [0.2, 0.25) is 0 Å². The van der Waals surface area contributed by atoms with E-state index in [0.717, 1.165) is 29.2 Å². The normalized spacial score (nSPS) is 10.7. The molecule has 0 radical (unpaired) electrons. The minimum Gasteiger partial charge on any atom is -0.396 e. The minimum atomic E-state index is 0.141. The van der Waals surface area contributed by atoms with Gasteiger partial charge in [0.2, 0.25) is 0 Å². The molecule has 0 bridgehead atoms. The van der Waals surface area contributed by atoms with Crippen LogP contribution in [0, 0.1) is 20.8 Å². The first-order chi connectivity index (χ1) is 9.10. The standard InChI is InChI=1S/C16H20N2O/c1-11-4-6-14(7-5-11)10-16-17-12(2)15(8-9-19)13(3)18-16/h4-7,19H,8-10H2,1-3H3. The molecule has 0 amide bonds. The predicted molar refractivity (Wildman–Crippen MR) is 76.3 cm³/mol. The second-order valence-corrected chi connectivity index (χ2v) is 4.93. The van der Waals surface area contributed by atoms with Crippen LogP contribution in [0.5, 0.6) is 0 Å². The van der Waals surface area contributed by atoms with E-state index in [2.05, 4.69) is 41.2 Å². The summed E-state index contributed by atoms with van der Waals surface area (Å²) in [4.78, 5) is 9.10. The molecule has 0 fully saturated rings. The number of aliphatic hydroxyl groups is 1. The molecule has 1 N–H and O–H groups in total. The van der Waals surface area contributed by atoms with Crippen molar-refractivity contribution in [2.75, 3.05) is 6.61 Å². The summed E-state index contributed by atoms with van der Waals surface area (Å²) >= 11 is 0. The maximum atomic E-state index is 9.04. The molecule has 3 heteroatoms. The lowest BCUT2D eigenvalue weighted by atomic mass is 10.1. The summed E-state index contributed by atoms with van der Waals surface area (Å²) in [7, 11) is 0. The average molecular weight is 256 g/mol. The number of hydrogen-bond donors (Lipinski definition) is 1. The molecule has 2 rings (SSSR count). The molecule has 1 aromatic carbocycles. The molecule has 1 aromatic heterocycles. The summed E-state index contributed by atoms with van der Waals surface area (Å²) in [6.07, 6.45) is 1.38. The molecule has 0 saturated heterocycles. The molecule has 0 aliphatic carbocycles. The van der Waals surface area contributed by atoms with E-state index in [0.29, 0.717) is 6.42 Å². The van der Waals surface area contributed by atoms with E-state index in [1.54, 1.807) is 0 Å². The van der Waals surface area contributed by atoms with Crippen LogP contribution >= 0.6 is 0 Å². The molecule has 1 heterocycles. The Labute approximate surface area is 114 Å². The molecule has 0 aliphatic heterocycles. The monoisotopic (exact) mass is 256 g/mol. The van der Waals surface area contributed by atoms with Gasteiger partial charge < -0.3 is 5.11 Å². The molecule has 3 nitrogen and oxygen atoms in total. The number of aliphatic hydroxyl groups excluding tert-OH is 1. The van der Waals surface area contributed by atoms with Gasteiger partial charge in [0.1, 0.15) is 5.82 Å². The van der Waals surface area contributed by atoms with Gasteiger partial charge in [-0.1, -0.05) is 29.8 Å². The smallest absolute Gasteiger partial charge is 0.133 e. The lowest BCUT2D eigenvalue weighted by Gasteiger charge is -2.10. The van der Waals surface area contributed by atoms with Crippen LogP contribution in [0.4, 0.5) is 0 Å². The molecule has 100 valence electrons. The number of nitrogens with zero attached hydrogens (tertiary/aromatic N) is 2. The van der Waals surface area contributed by atoms with E-state index in [1.807, 2.05) is 13.8 Å². The van der Waals surface area contributed by atoms with Crippen LogP contribution in [0.1, 0.15) is 33.9 Å². The van der Waals surface area contributed by atoms with Gasteiger partial charge in [0.25, 0.3) is 0 Å². The fourth-order valence-corrected chi connectivity index (χ4v) is 2.25. The molecule has 0 unspecified atom stereocenters. The van der Waals surface area contributed by atoms with Crippen LogP contribution in [-0.4, -0.2) is 21.7 Å². The number of benzene rings is 1. The van der Waals surface area contributed by atoms with Crippen LogP contribution in [-0.2, 0) is 12.8 Å². The van der Waals surface area contributed by atoms with E-state index in [9.17, 15) is 0 Å². The first-order valence-corrected chi connectivity index (χ1v) is 6.59. The van der Waals surface area contributed by atoms with E-state index in [4.69, 9.17) is 5.11 Å². The largest absolute Gasteiger partial charge is 0.396 e. The Hall–Kier alpha value is -1.74. The fourth-order valence-electron chi connectivity index (χ4n) is 2.25. The van der Waals surface area contributed by atoms with Crippen molar-refractivity contribution in [1.29, 1.82) is 0 Å². The van der Waals surface area contributed by atoms with Crippen molar-refractivity contribution >= 4 is 0 Å². The SMILES string of the molecule is Cc1ccc(Cc2nc(C)c(CCO)c(C)n2)cc1. The highest BCUT2D eigenvalue weighted by atomic mass is 16.2. The van der Waals surface area contributed by atoms with Crippen molar-refractivity contribution in [3.8, 4) is 0 Å². The van der Waals surface area contributed by atoms with Crippen molar-refractivity contribution in [2.45, 2.75) is 33.6 Å². The first kappa shape index (κ1) is 13.7. The molecule has 0 atom stereocenters. The van der Waals surface area contributed by atoms with Crippen LogP contribution in [0.25, 0.3) is 0 Å². The van der Waals surface area contributed by atoms with Gasteiger partial charge in [-0.25, -0.2) is 9.97 Å². The Bertz CT molecular complexity index is 538. The molecule has 0 spiro atoms. The van der Waals surface area contributed by atoms with E-state index in [1.165, 1.54) is 11.1 Å². The third-order valence-electron chi connectivity index (χ3n) is 3.31. The zero-order chi connectivity index (χ0) is 13.8. The minimum absolute atomic E-state index is 0.141. The van der Waals surface area contributed by atoms with E-state index >= 15 is 0 Å². The summed E-state index contributed by atoms with van der Waals surface area (Å²) < 4.78 is 0. The third-order valence-corrected chi connectivity index (χ3v) is 3.31. The first-order valence-electron chi connectivity index (χ1n) is 6.59. The van der Waals surface area contributed by atoms with Crippen LogP contribution in [0.15, 0.2) is 24.3 Å². The van der Waals surface area contributed by atoms with Gasteiger partial charge in [-0.15, -0.1) is 0 Å². The van der Waals surface area contributed by atoms with Crippen molar-refractivity contribution < 1.29 is 5.11 Å². The second-order valence-electron chi connectivity index (χ2n) is 4.93. The number of aryl methyl sites for hydroxylation is 3. The van der Waals surface area contributed by atoms with Crippen molar-refractivity contribution in [1.82, 2.24) is 9.97 Å². The second kappa shape index (κ2) is 5.93. The Morgan fingerprint density at radius 2 is 1.53 bits per heavy atom. The summed E-state index contributed by atoms with van der Waals surface area (Å²) in [5, 5.41) is 9.04. The average Bonchev–Trinajstić information content (AvgIpc) is 2.37. The van der Waals surface area contributed by atoms with Gasteiger partial charge in [-0.05, 0) is 38.3 Å². The zero-order valence-electron chi connectivity index (χ0n) is 11.8. The molecule has 2 aromatic rings. The molecule has 0 aliphatic rings. The van der Waals surface area contributed by atoms with Crippen LogP contribution < -0.4 is 0 Å². The highest BCUT2D eigenvalue weighted by Crippen LogP contribution is 2.13. The predicted octanol–water partition coefficient (Wildman–Crippen LogP) is 2.53. The quantitative estimate of drug-likeness (QED) is 0.914. The highest BCUT2D eigenvalue weighted by molar-refractivity contribution is 5.28. The summed E-state index contributed by atoms with van der Waals surface area (Å²) in [5.41, 5.74) is 5.50. The van der Waals surface area contributed by atoms with E-state index in [-0.39, 0.29) is 6.61 Å². The van der Waals surface area contributed by atoms with Crippen LogP contribution in [0.3, 0.4) is 0 Å². The Balaban J connectivity index is 2.24. The summed E-state index contributed by atoms with van der Waals surface area (Å²) in [6, 6.07) is 8.44. The highest BCUT2D eigenvalue weighted by Gasteiger charge is 2.08. The van der Waals surface area contributed by atoms with Gasteiger partial charge in [-0.2, -0.15) is 0 Å². The lowest BCUT2D eigenvalue weighted by Crippen LogP contribution is -2.07. The number of rotatable bonds is 4. The summed E-state index contributed by atoms with van der Waals surface area (Å²) in [6.45, 7) is 6.19. The molecular weight excluding hydrogens is 236 g/mol. The van der Waals surface area contributed by atoms with Crippen molar-refractivity contribution in [3.05, 3.63) is 58.2 Å². The van der Waals surface area contributed by atoms with E-state index < -0.39 is 0 Å². The van der Waals surface area contributed by atoms with Crippen molar-refractivity contribution in [2.24, 2.45) is 0 Å². The molecule has 19 heavy (non-hydrogen) atoms. The summed E-state index contributed by atoms with van der Waals surface area (Å²) in [5.74, 6) is 0.848. The molecular formula is C16H20N2O. The van der Waals surface area contributed by atoms with Gasteiger partial charge >= 0.3 is 0 Å². The third kappa shape index (κ3) is 3.38. The molecule has 0 saturated carbocycles. The fraction of sp³-hybridized carbons (Fsp3) is 0.375. The maximum Gasteiger partial charge on any atom is 0.133 e.